The molecule has 0 heterocycles. The molecule has 1 fully saturated rings. The summed E-state index contributed by atoms with van der Waals surface area (Å²) in [4.78, 5) is 11.6. The number of carbonyl (C=O) groups excluding carboxylic acids is 1. The van der Waals surface area contributed by atoms with Crippen LogP contribution in [0.5, 0.6) is 0 Å². The van der Waals surface area contributed by atoms with Crippen LogP contribution in [0.3, 0.4) is 0 Å². The number of hydrogen-bond acceptors (Lipinski definition) is 5. The van der Waals surface area contributed by atoms with E-state index in [1.54, 1.807) is 0 Å². The predicted molar refractivity (Wildman–Crippen MR) is 55.0 cm³/mol. The first-order valence-corrected chi connectivity index (χ1v) is 6.52. The number of carbonyl (C=O) groups is 1. The first kappa shape index (κ1) is 13.4. The van der Waals surface area contributed by atoms with Crippen molar-refractivity contribution in [2.45, 2.75) is 32.1 Å². The highest BCUT2D eigenvalue weighted by Crippen LogP contribution is 2.51. The van der Waals surface area contributed by atoms with E-state index in [1.807, 2.05) is 13.8 Å². The van der Waals surface area contributed by atoms with E-state index in [-0.39, 0.29) is 25.4 Å². The van der Waals surface area contributed by atoms with E-state index in [0.29, 0.717) is 0 Å². The van der Waals surface area contributed by atoms with Crippen molar-refractivity contribution in [1.82, 2.24) is 0 Å². The van der Waals surface area contributed by atoms with Gasteiger partial charge < -0.3 is 9.84 Å². The van der Waals surface area contributed by atoms with Crippen LogP contribution in [0.2, 0.25) is 0 Å². The second-order valence-electron chi connectivity index (χ2n) is 4.52. The minimum atomic E-state index is -4.63. The van der Waals surface area contributed by atoms with Gasteiger partial charge in [0.15, 0.2) is 5.44 Å². The van der Waals surface area contributed by atoms with Gasteiger partial charge in [-0.2, -0.15) is 8.42 Å². The molecule has 1 rings (SSSR count). The number of esters is 1. The van der Waals surface area contributed by atoms with E-state index >= 15 is 0 Å². The van der Waals surface area contributed by atoms with E-state index in [0.717, 1.165) is 0 Å². The Hall–Kier alpha value is -0.660. The molecule has 1 aliphatic rings. The zero-order valence-electron chi connectivity index (χ0n) is 9.21. The van der Waals surface area contributed by atoms with Crippen molar-refractivity contribution in [2.24, 2.45) is 11.3 Å². The fraction of sp³-hybridized carbons (Fsp3) is 0.889. The zero-order valence-corrected chi connectivity index (χ0v) is 10.0. The van der Waals surface area contributed by atoms with Crippen molar-refractivity contribution in [3.63, 3.8) is 0 Å². The van der Waals surface area contributed by atoms with E-state index < -0.39 is 26.9 Å². The summed E-state index contributed by atoms with van der Waals surface area (Å²) in [6, 6.07) is 0. The Kier molecular flexibility index (Phi) is 3.61. The van der Waals surface area contributed by atoms with E-state index in [2.05, 4.69) is 0 Å². The lowest BCUT2D eigenvalue weighted by Crippen LogP contribution is -2.37. The number of aliphatic hydroxyl groups is 1. The SMILES string of the molecule is CC(C)COC(=O)C1(C(O)S(=O)(=O)O)CC1. The Labute approximate surface area is 94.4 Å². The minimum absolute atomic E-state index is 0.127. The van der Waals surface area contributed by atoms with Gasteiger partial charge in [0.25, 0.3) is 10.1 Å². The van der Waals surface area contributed by atoms with Gasteiger partial charge >= 0.3 is 5.97 Å². The van der Waals surface area contributed by atoms with Crippen molar-refractivity contribution < 1.29 is 27.6 Å². The summed E-state index contributed by atoms with van der Waals surface area (Å²) >= 11 is 0. The molecule has 0 aromatic heterocycles. The van der Waals surface area contributed by atoms with Crippen LogP contribution >= 0.6 is 0 Å². The summed E-state index contributed by atoms with van der Waals surface area (Å²) in [6.07, 6.45) is 0.426. The average Bonchev–Trinajstić information content (AvgIpc) is 2.92. The smallest absolute Gasteiger partial charge is 0.315 e. The molecule has 0 aliphatic heterocycles. The predicted octanol–water partition coefficient (Wildman–Crippen LogP) is 0.172. The molecular weight excluding hydrogens is 236 g/mol. The third-order valence-corrected chi connectivity index (χ3v) is 3.51. The van der Waals surface area contributed by atoms with Gasteiger partial charge in [-0.1, -0.05) is 13.8 Å². The first-order valence-electron chi connectivity index (χ1n) is 5.02. The zero-order chi connectivity index (χ0) is 12.6. The van der Waals surface area contributed by atoms with Gasteiger partial charge in [-0.25, -0.2) is 0 Å². The third-order valence-electron chi connectivity index (χ3n) is 2.50. The molecule has 6 nitrogen and oxygen atoms in total. The lowest BCUT2D eigenvalue weighted by molar-refractivity contribution is -0.154. The van der Waals surface area contributed by atoms with Crippen molar-refractivity contribution in [2.75, 3.05) is 6.61 Å². The maximum Gasteiger partial charge on any atom is 0.315 e. The Balaban J connectivity index is 2.68. The highest BCUT2D eigenvalue weighted by molar-refractivity contribution is 7.86. The molecule has 2 N–H and O–H groups in total. The quantitative estimate of drug-likeness (QED) is 0.534. The monoisotopic (exact) mass is 252 g/mol. The fourth-order valence-electron chi connectivity index (χ4n) is 1.36. The molecule has 0 aromatic carbocycles. The number of rotatable bonds is 5. The third kappa shape index (κ3) is 2.72. The minimum Gasteiger partial charge on any atom is -0.465 e. The van der Waals surface area contributed by atoms with Crippen LogP contribution in [-0.2, 0) is 19.6 Å². The fourth-order valence-corrected chi connectivity index (χ4v) is 2.26. The number of hydrogen-bond donors (Lipinski definition) is 2. The molecule has 0 saturated heterocycles. The summed E-state index contributed by atoms with van der Waals surface area (Å²) in [5.74, 6) is -0.631. The van der Waals surface area contributed by atoms with Crippen molar-refractivity contribution in [3.8, 4) is 0 Å². The lowest BCUT2D eigenvalue weighted by atomic mass is 10.1. The molecule has 94 valence electrons. The standard InChI is InChI=1S/C9H16O6S/c1-6(2)5-15-7(10)9(3-4-9)8(11)16(12,13)14/h6,8,11H,3-5H2,1-2H3,(H,12,13,14). The second-order valence-corrected chi connectivity index (χ2v) is 5.99. The van der Waals surface area contributed by atoms with Crippen molar-refractivity contribution >= 4 is 16.1 Å². The molecule has 1 saturated carbocycles. The van der Waals surface area contributed by atoms with Gasteiger partial charge in [0.05, 0.1) is 6.61 Å². The molecule has 1 unspecified atom stereocenters. The second kappa shape index (κ2) is 4.31. The summed E-state index contributed by atoms with van der Waals surface area (Å²) < 4.78 is 35.1. The lowest BCUT2D eigenvalue weighted by Gasteiger charge is -2.18. The van der Waals surface area contributed by atoms with Gasteiger partial charge in [0.2, 0.25) is 0 Å². The van der Waals surface area contributed by atoms with Crippen LogP contribution in [0.1, 0.15) is 26.7 Å². The summed E-state index contributed by atoms with van der Waals surface area (Å²) in [6.45, 7) is 3.84. The molecule has 16 heavy (non-hydrogen) atoms. The molecule has 1 atom stereocenters. The van der Waals surface area contributed by atoms with Crippen LogP contribution in [0.25, 0.3) is 0 Å². The maximum absolute atomic E-state index is 11.6. The Morgan fingerprint density at radius 1 is 1.44 bits per heavy atom. The highest BCUT2D eigenvalue weighted by atomic mass is 32.2. The summed E-state index contributed by atoms with van der Waals surface area (Å²) in [7, 11) is -4.63. The van der Waals surface area contributed by atoms with Crippen LogP contribution in [-0.4, -0.2) is 36.1 Å². The highest BCUT2D eigenvalue weighted by Gasteiger charge is 2.61. The number of aliphatic hydroxyl groups excluding tert-OH is 1. The van der Waals surface area contributed by atoms with E-state index in [9.17, 15) is 18.3 Å². The van der Waals surface area contributed by atoms with Gasteiger partial charge in [0.1, 0.15) is 5.41 Å². The first-order chi connectivity index (χ1) is 7.20. The molecule has 0 amide bonds. The van der Waals surface area contributed by atoms with Gasteiger partial charge in [-0.3, -0.25) is 9.35 Å². The molecule has 0 spiro atoms. The van der Waals surface area contributed by atoms with E-state index in [1.165, 1.54) is 0 Å². The van der Waals surface area contributed by atoms with Gasteiger partial charge in [-0.15, -0.1) is 0 Å². The van der Waals surface area contributed by atoms with Crippen molar-refractivity contribution in [1.29, 1.82) is 0 Å². The van der Waals surface area contributed by atoms with Gasteiger partial charge in [0, 0.05) is 0 Å². The van der Waals surface area contributed by atoms with E-state index in [4.69, 9.17) is 9.29 Å². The number of ether oxygens (including phenoxy) is 1. The molecule has 0 aromatic rings. The largest absolute Gasteiger partial charge is 0.465 e. The summed E-state index contributed by atoms with van der Waals surface area (Å²) in [5, 5.41) is 9.37. The maximum atomic E-state index is 11.6. The van der Waals surface area contributed by atoms with Crippen LogP contribution in [0, 0.1) is 11.3 Å². The van der Waals surface area contributed by atoms with Crippen LogP contribution in [0.15, 0.2) is 0 Å². The normalized spacial score (nSPS) is 20.6. The Morgan fingerprint density at radius 3 is 2.25 bits per heavy atom. The average molecular weight is 252 g/mol. The topological polar surface area (TPSA) is 101 Å². The Bertz CT molecular complexity index is 367. The molecular formula is C9H16O6S. The Morgan fingerprint density at radius 2 is 1.94 bits per heavy atom. The summed E-state index contributed by atoms with van der Waals surface area (Å²) in [5.41, 5.74) is -3.54. The molecule has 1 aliphatic carbocycles. The molecule has 7 heteroatoms. The molecule has 0 bridgehead atoms. The van der Waals surface area contributed by atoms with Crippen molar-refractivity contribution in [3.05, 3.63) is 0 Å². The van der Waals surface area contributed by atoms with Gasteiger partial charge in [-0.05, 0) is 18.8 Å². The van der Waals surface area contributed by atoms with Crippen LogP contribution < -0.4 is 0 Å². The van der Waals surface area contributed by atoms with Crippen LogP contribution in [0.4, 0.5) is 0 Å². The molecule has 0 radical (unpaired) electrons.